The molecule has 4 aromatic carbocycles. The van der Waals surface area contributed by atoms with Gasteiger partial charge >= 0.3 is 0 Å². The third-order valence-corrected chi connectivity index (χ3v) is 8.92. The van der Waals surface area contributed by atoms with Crippen molar-refractivity contribution in [2.45, 2.75) is 58.8 Å². The van der Waals surface area contributed by atoms with Crippen LogP contribution >= 0.6 is 0 Å². The molecule has 2 aliphatic heterocycles. The van der Waals surface area contributed by atoms with Gasteiger partial charge in [-0.15, -0.1) is 0 Å². The molecule has 0 saturated carbocycles. The summed E-state index contributed by atoms with van der Waals surface area (Å²) in [6.07, 6.45) is 3.44. The van der Waals surface area contributed by atoms with Crippen LogP contribution in [0.3, 0.4) is 0 Å². The molecule has 5 aromatic rings. The lowest BCUT2D eigenvalue weighted by Crippen LogP contribution is -2.31. The number of methoxy groups -OCH3 is 1. The highest BCUT2D eigenvalue weighted by atomic mass is 16.5. The first-order valence-corrected chi connectivity index (χ1v) is 15.7. The summed E-state index contributed by atoms with van der Waals surface area (Å²) in [6, 6.07) is 25.0. The van der Waals surface area contributed by atoms with E-state index in [1.165, 1.54) is 0 Å². The molecular weight excluding hydrogens is 562 g/mol. The zero-order chi connectivity index (χ0) is 30.9. The van der Waals surface area contributed by atoms with E-state index in [0.29, 0.717) is 25.2 Å². The average molecular weight is 600 g/mol. The summed E-state index contributed by atoms with van der Waals surface area (Å²) in [4.78, 5) is 5.15. The number of nitrogens with zero attached hydrogens (tertiary/aromatic N) is 3. The van der Waals surface area contributed by atoms with Crippen LogP contribution in [-0.2, 0) is 30.7 Å². The molecule has 1 saturated heterocycles. The van der Waals surface area contributed by atoms with Crippen molar-refractivity contribution in [2.75, 3.05) is 20.3 Å². The van der Waals surface area contributed by atoms with E-state index in [1.54, 1.807) is 7.11 Å². The monoisotopic (exact) mass is 599 g/mol. The Kier molecular flexibility index (Phi) is 7.91. The van der Waals surface area contributed by atoms with E-state index in [0.717, 1.165) is 105 Å². The molecule has 7 heteroatoms. The van der Waals surface area contributed by atoms with Gasteiger partial charge < -0.3 is 23.5 Å². The molecule has 2 aliphatic rings. The number of rotatable bonds is 5. The van der Waals surface area contributed by atoms with Crippen molar-refractivity contribution in [3.05, 3.63) is 106 Å². The number of hydrogen-bond donors (Lipinski definition) is 0. The van der Waals surface area contributed by atoms with Crippen LogP contribution in [0.1, 0.15) is 52.0 Å². The minimum atomic E-state index is 0.185. The van der Waals surface area contributed by atoms with Gasteiger partial charge in [-0.2, -0.15) is 5.26 Å². The molecule has 1 aromatic heterocycles. The van der Waals surface area contributed by atoms with Gasteiger partial charge in [0.1, 0.15) is 35.2 Å². The second-order valence-electron chi connectivity index (χ2n) is 12.1. The van der Waals surface area contributed by atoms with Gasteiger partial charge in [0.05, 0.1) is 43.5 Å². The van der Waals surface area contributed by atoms with Crippen LogP contribution in [-0.4, -0.2) is 36.0 Å². The number of aromatic nitrogens is 2. The first-order chi connectivity index (χ1) is 22.0. The van der Waals surface area contributed by atoms with Crippen molar-refractivity contribution in [1.82, 2.24) is 9.55 Å². The average Bonchev–Trinajstić information content (AvgIpc) is 3.36. The molecule has 0 aliphatic carbocycles. The number of nitriles is 1. The van der Waals surface area contributed by atoms with Crippen LogP contribution < -0.4 is 14.2 Å². The van der Waals surface area contributed by atoms with Crippen LogP contribution in [0, 0.1) is 25.2 Å². The molecule has 4 bridgehead atoms. The smallest absolute Gasteiger partial charge is 0.146 e. The van der Waals surface area contributed by atoms with E-state index in [9.17, 15) is 5.26 Å². The lowest BCUT2D eigenvalue weighted by molar-refractivity contribution is -0.0589. The van der Waals surface area contributed by atoms with Crippen molar-refractivity contribution in [3.8, 4) is 34.4 Å². The van der Waals surface area contributed by atoms with Gasteiger partial charge in [0.25, 0.3) is 0 Å². The number of benzene rings is 4. The molecule has 0 spiro atoms. The Hall–Kier alpha value is -4.80. The molecule has 0 amide bonds. The summed E-state index contributed by atoms with van der Waals surface area (Å²) in [5.41, 5.74) is 10.4. The Morgan fingerprint density at radius 1 is 1.00 bits per heavy atom. The van der Waals surface area contributed by atoms with Crippen molar-refractivity contribution in [1.29, 1.82) is 5.26 Å². The number of fused-ring (bicyclic) bond motifs is 7. The van der Waals surface area contributed by atoms with Gasteiger partial charge in [0.2, 0.25) is 0 Å². The van der Waals surface area contributed by atoms with Gasteiger partial charge in [-0.1, -0.05) is 24.3 Å². The molecule has 1 atom stereocenters. The Morgan fingerprint density at radius 2 is 1.89 bits per heavy atom. The maximum absolute atomic E-state index is 9.51. The first kappa shape index (κ1) is 28.9. The fourth-order valence-corrected chi connectivity index (χ4v) is 6.43. The van der Waals surface area contributed by atoms with E-state index < -0.39 is 0 Å². The lowest BCUT2D eigenvalue weighted by Gasteiger charge is -2.27. The number of ether oxygens (including phenoxy) is 4. The third kappa shape index (κ3) is 5.86. The second-order valence-corrected chi connectivity index (χ2v) is 12.1. The number of imidazole rings is 1. The zero-order valence-corrected chi connectivity index (χ0v) is 26.1. The summed E-state index contributed by atoms with van der Waals surface area (Å²) in [7, 11) is 1.70. The van der Waals surface area contributed by atoms with Crippen LogP contribution in [0.25, 0.3) is 22.2 Å². The predicted octanol–water partition coefficient (Wildman–Crippen LogP) is 7.48. The largest absolute Gasteiger partial charge is 0.494 e. The van der Waals surface area contributed by atoms with Crippen LogP contribution in [0.2, 0.25) is 0 Å². The molecule has 45 heavy (non-hydrogen) atoms. The fraction of sp³-hybridized carbons (Fsp3) is 0.316. The fourth-order valence-electron chi connectivity index (χ4n) is 6.43. The van der Waals surface area contributed by atoms with E-state index in [1.807, 2.05) is 36.4 Å². The van der Waals surface area contributed by atoms with Crippen molar-refractivity contribution >= 4 is 11.0 Å². The molecule has 0 radical (unpaired) electrons. The molecular formula is C38H37N3O4. The topological polar surface area (TPSA) is 78.5 Å². The van der Waals surface area contributed by atoms with E-state index >= 15 is 0 Å². The van der Waals surface area contributed by atoms with Crippen LogP contribution in [0.4, 0.5) is 0 Å². The Labute approximate surface area is 264 Å². The normalized spacial score (nSPS) is 16.0. The Balaban J connectivity index is 1.29. The SMILES string of the molecule is COc1cc(C)cc2c1nc(Cc1cc(C)c3cc1OCCCc1cc(C#N)ccc1COc1cccc-3c1)n2CC1CCO1. The predicted molar refractivity (Wildman–Crippen MR) is 174 cm³/mol. The van der Waals surface area contributed by atoms with Gasteiger partial charge in [0, 0.05) is 18.6 Å². The van der Waals surface area contributed by atoms with Crippen molar-refractivity contribution in [2.24, 2.45) is 0 Å². The van der Waals surface area contributed by atoms with Crippen molar-refractivity contribution < 1.29 is 18.9 Å². The molecule has 3 heterocycles. The summed E-state index contributed by atoms with van der Waals surface area (Å²) in [5.74, 6) is 3.41. The summed E-state index contributed by atoms with van der Waals surface area (Å²) < 4.78 is 26.8. The Bertz CT molecular complexity index is 1930. The molecule has 7 rings (SSSR count). The van der Waals surface area contributed by atoms with E-state index in [2.05, 4.69) is 54.8 Å². The Morgan fingerprint density at radius 3 is 2.69 bits per heavy atom. The molecule has 228 valence electrons. The molecule has 1 fully saturated rings. The van der Waals surface area contributed by atoms with Crippen LogP contribution in [0.5, 0.6) is 17.2 Å². The highest BCUT2D eigenvalue weighted by molar-refractivity contribution is 5.84. The second kappa shape index (κ2) is 12.3. The third-order valence-electron chi connectivity index (χ3n) is 8.92. The molecule has 1 unspecified atom stereocenters. The van der Waals surface area contributed by atoms with E-state index in [4.69, 9.17) is 23.9 Å². The van der Waals surface area contributed by atoms with Crippen LogP contribution in [0.15, 0.2) is 66.7 Å². The minimum absolute atomic E-state index is 0.185. The number of aryl methyl sites for hydroxylation is 3. The van der Waals surface area contributed by atoms with Gasteiger partial charge in [-0.05, 0) is 109 Å². The lowest BCUT2D eigenvalue weighted by atomic mass is 9.96. The van der Waals surface area contributed by atoms with Gasteiger partial charge in [-0.3, -0.25) is 0 Å². The first-order valence-electron chi connectivity index (χ1n) is 15.7. The molecule has 7 nitrogen and oxygen atoms in total. The summed E-state index contributed by atoms with van der Waals surface area (Å²) in [6.45, 7) is 6.80. The molecule has 0 N–H and O–H groups in total. The highest BCUT2D eigenvalue weighted by Gasteiger charge is 2.24. The van der Waals surface area contributed by atoms with Gasteiger partial charge in [-0.25, -0.2) is 4.98 Å². The quantitative estimate of drug-likeness (QED) is 0.208. The minimum Gasteiger partial charge on any atom is -0.494 e. The van der Waals surface area contributed by atoms with E-state index in [-0.39, 0.29) is 6.10 Å². The maximum atomic E-state index is 9.51. The highest BCUT2D eigenvalue weighted by Crippen LogP contribution is 2.36. The standard InChI is InChI=1S/C38H37N3O4/c1-24-14-34-38(36(15-24)42-3)40-37(41(34)22-32-11-13-43-32)19-30-16-25(2)33-20-35(30)44-12-5-7-27-17-26(21-39)9-10-29(27)23-45-31-8-4-6-28(33)18-31/h4,6,8-10,14-18,20,32H,5,7,11-13,19,22-23H2,1-3H3. The van der Waals surface area contributed by atoms with Gasteiger partial charge in [0.15, 0.2) is 0 Å². The van der Waals surface area contributed by atoms with Crippen molar-refractivity contribution in [3.63, 3.8) is 0 Å². The summed E-state index contributed by atoms with van der Waals surface area (Å²) >= 11 is 0. The summed E-state index contributed by atoms with van der Waals surface area (Å²) in [5, 5.41) is 9.51. The maximum Gasteiger partial charge on any atom is 0.146 e. The number of hydrogen-bond acceptors (Lipinski definition) is 6. The zero-order valence-electron chi connectivity index (χ0n) is 26.1.